The number of carbonyl (C=O) groups is 1. The van der Waals surface area contributed by atoms with Crippen LogP contribution in [0.5, 0.6) is 0 Å². The molecule has 0 atom stereocenters. The number of nitrogens with zero attached hydrogens (tertiary/aromatic N) is 4. The van der Waals surface area contributed by atoms with Gasteiger partial charge in [0.25, 0.3) is 0 Å². The number of anilines is 4. The zero-order chi connectivity index (χ0) is 25.9. The molecule has 37 heavy (non-hydrogen) atoms. The predicted octanol–water partition coefficient (Wildman–Crippen LogP) is 4.74. The fraction of sp³-hybridized carbons (Fsp3) is 0.261. The van der Waals surface area contributed by atoms with Crippen LogP contribution in [0.25, 0.3) is 0 Å². The summed E-state index contributed by atoms with van der Waals surface area (Å²) in [6, 6.07) is 9.99. The number of halogens is 6. The molecule has 3 aromatic rings. The van der Waals surface area contributed by atoms with E-state index in [-0.39, 0.29) is 23.9 Å². The van der Waals surface area contributed by atoms with Crippen molar-refractivity contribution in [3.05, 3.63) is 71.4 Å². The van der Waals surface area contributed by atoms with Crippen molar-refractivity contribution >= 4 is 41.6 Å². The van der Waals surface area contributed by atoms with E-state index in [1.807, 2.05) is 12.1 Å². The van der Waals surface area contributed by atoms with Crippen LogP contribution in [-0.2, 0) is 12.7 Å². The molecule has 4 rings (SSSR count). The number of amides is 2. The van der Waals surface area contributed by atoms with E-state index in [1.54, 1.807) is 17.0 Å². The largest absolute Gasteiger partial charge is 0.433 e. The maximum atomic E-state index is 13.3. The molecule has 2 amide bonds. The lowest BCUT2D eigenvalue weighted by atomic mass is 10.1. The highest BCUT2D eigenvalue weighted by Crippen LogP contribution is 2.30. The Bertz CT molecular complexity index is 1210. The van der Waals surface area contributed by atoms with Gasteiger partial charge in [-0.2, -0.15) is 18.2 Å². The first kappa shape index (κ1) is 27.9. The second-order valence-electron chi connectivity index (χ2n) is 8.16. The maximum Gasteiger partial charge on any atom is 0.433 e. The van der Waals surface area contributed by atoms with Crippen LogP contribution in [0.15, 0.2) is 48.5 Å². The van der Waals surface area contributed by atoms with Gasteiger partial charge in [0.05, 0.1) is 0 Å². The molecule has 0 saturated carbocycles. The number of urea groups is 1. The molecular weight excluding hydrogens is 521 g/mol. The molecule has 0 aliphatic carbocycles. The van der Waals surface area contributed by atoms with Gasteiger partial charge >= 0.3 is 12.2 Å². The Labute approximate surface area is 215 Å². The van der Waals surface area contributed by atoms with Gasteiger partial charge in [-0.25, -0.2) is 18.6 Å². The van der Waals surface area contributed by atoms with E-state index < -0.39 is 35.5 Å². The number of carbonyl (C=O) groups excluding carboxylic acids is 1. The molecular formula is C23H23ClF5N7O. The summed E-state index contributed by atoms with van der Waals surface area (Å²) in [6.45, 7) is 2.72. The molecule has 1 aromatic heterocycles. The molecule has 0 radical (unpaired) electrons. The number of hydrogen-bond acceptors (Lipinski definition) is 6. The Morgan fingerprint density at radius 3 is 2.08 bits per heavy atom. The second-order valence-corrected chi connectivity index (χ2v) is 8.16. The van der Waals surface area contributed by atoms with Gasteiger partial charge < -0.3 is 21.3 Å². The average molecular weight is 544 g/mol. The molecule has 1 aliphatic heterocycles. The number of nitrogens with one attached hydrogen (secondary N) is 2. The normalized spacial score (nSPS) is 14.1. The first-order valence-corrected chi connectivity index (χ1v) is 10.9. The van der Waals surface area contributed by atoms with Crippen LogP contribution in [0.4, 0.5) is 49.9 Å². The lowest BCUT2D eigenvalue weighted by Crippen LogP contribution is -2.46. The summed E-state index contributed by atoms with van der Waals surface area (Å²) in [5.41, 5.74) is 5.83. The molecule has 8 nitrogen and oxygen atoms in total. The Morgan fingerprint density at radius 1 is 0.892 bits per heavy atom. The van der Waals surface area contributed by atoms with E-state index in [4.69, 9.17) is 5.73 Å². The molecule has 2 aromatic carbocycles. The average Bonchev–Trinajstić information content (AvgIpc) is 2.79. The Morgan fingerprint density at radius 2 is 1.49 bits per heavy atom. The van der Waals surface area contributed by atoms with Gasteiger partial charge in [0.2, 0.25) is 5.95 Å². The summed E-state index contributed by atoms with van der Waals surface area (Å²) in [6.07, 6.45) is -4.60. The van der Waals surface area contributed by atoms with Crippen molar-refractivity contribution in [2.75, 3.05) is 47.4 Å². The standard InChI is InChI=1S/C23H22F5N7O.ClH/c24-15-9-16(25)11-18(10-15)31-22(36)30-17-3-1-14(2-4-17)13-34-5-7-35(8-6-34)20-12-19(23(26,27)28)32-21(29)33-20;/h1-4,9-12H,5-8,13H2,(H2,29,32,33)(H2,30,31,36);1H. The van der Waals surface area contributed by atoms with Crippen molar-refractivity contribution in [1.29, 1.82) is 0 Å². The number of piperazine rings is 1. The monoisotopic (exact) mass is 543 g/mol. The molecule has 2 heterocycles. The van der Waals surface area contributed by atoms with Crippen LogP contribution in [0.2, 0.25) is 0 Å². The van der Waals surface area contributed by atoms with Crippen LogP contribution >= 0.6 is 12.4 Å². The van der Waals surface area contributed by atoms with E-state index in [0.717, 1.165) is 23.8 Å². The number of alkyl halides is 3. The molecule has 0 spiro atoms. The lowest BCUT2D eigenvalue weighted by Gasteiger charge is -2.35. The number of hydrogen-bond donors (Lipinski definition) is 3. The lowest BCUT2D eigenvalue weighted by molar-refractivity contribution is -0.141. The molecule has 0 unspecified atom stereocenters. The minimum Gasteiger partial charge on any atom is -0.368 e. The first-order chi connectivity index (χ1) is 17.0. The smallest absolute Gasteiger partial charge is 0.368 e. The van der Waals surface area contributed by atoms with E-state index in [0.29, 0.717) is 44.5 Å². The molecule has 4 N–H and O–H groups in total. The van der Waals surface area contributed by atoms with Crippen molar-refractivity contribution < 1.29 is 26.7 Å². The van der Waals surface area contributed by atoms with Gasteiger partial charge in [-0.15, -0.1) is 12.4 Å². The molecule has 14 heteroatoms. The number of benzene rings is 2. The van der Waals surface area contributed by atoms with E-state index in [1.165, 1.54) is 0 Å². The van der Waals surface area contributed by atoms with Gasteiger partial charge in [0.1, 0.15) is 17.5 Å². The van der Waals surface area contributed by atoms with E-state index in [2.05, 4.69) is 25.5 Å². The first-order valence-electron chi connectivity index (χ1n) is 10.9. The summed E-state index contributed by atoms with van der Waals surface area (Å²) in [4.78, 5) is 23.2. The quantitative estimate of drug-likeness (QED) is 0.402. The van der Waals surface area contributed by atoms with E-state index >= 15 is 0 Å². The summed E-state index contributed by atoms with van der Waals surface area (Å²) >= 11 is 0. The van der Waals surface area contributed by atoms with Gasteiger partial charge in [0, 0.05) is 56.2 Å². The van der Waals surface area contributed by atoms with Crippen molar-refractivity contribution in [1.82, 2.24) is 14.9 Å². The predicted molar refractivity (Wildman–Crippen MR) is 132 cm³/mol. The summed E-state index contributed by atoms with van der Waals surface area (Å²) in [5.74, 6) is -1.89. The SMILES string of the molecule is Cl.Nc1nc(N2CCN(Cc3ccc(NC(=O)Nc4cc(F)cc(F)c4)cc3)CC2)cc(C(F)(F)F)n1. The zero-order valence-corrected chi connectivity index (χ0v) is 20.0. The van der Waals surface area contributed by atoms with Crippen molar-refractivity contribution in [3.63, 3.8) is 0 Å². The van der Waals surface area contributed by atoms with Gasteiger partial charge in [0.15, 0.2) is 5.69 Å². The van der Waals surface area contributed by atoms with Gasteiger partial charge in [-0.05, 0) is 29.8 Å². The third-order valence-corrected chi connectivity index (χ3v) is 5.46. The zero-order valence-electron chi connectivity index (χ0n) is 19.2. The number of nitrogens with two attached hydrogens (primary N) is 1. The van der Waals surface area contributed by atoms with Gasteiger partial charge in [-0.1, -0.05) is 12.1 Å². The third-order valence-electron chi connectivity index (χ3n) is 5.46. The number of aromatic nitrogens is 2. The molecule has 1 saturated heterocycles. The molecule has 198 valence electrons. The van der Waals surface area contributed by atoms with Crippen LogP contribution in [0, 0.1) is 11.6 Å². The Hall–Kier alpha value is -3.71. The third kappa shape index (κ3) is 7.64. The minimum absolute atomic E-state index is 0. The fourth-order valence-electron chi connectivity index (χ4n) is 3.77. The van der Waals surface area contributed by atoms with Crippen LogP contribution < -0.4 is 21.3 Å². The van der Waals surface area contributed by atoms with Crippen LogP contribution in [0.1, 0.15) is 11.3 Å². The van der Waals surface area contributed by atoms with Crippen molar-refractivity contribution in [2.45, 2.75) is 12.7 Å². The summed E-state index contributed by atoms with van der Waals surface area (Å²) in [5, 5.41) is 4.95. The second kappa shape index (κ2) is 11.6. The highest BCUT2D eigenvalue weighted by Gasteiger charge is 2.34. The minimum atomic E-state index is -4.60. The molecule has 1 fully saturated rings. The van der Waals surface area contributed by atoms with Crippen LogP contribution in [-0.4, -0.2) is 47.1 Å². The highest BCUT2D eigenvalue weighted by molar-refractivity contribution is 5.99. The maximum absolute atomic E-state index is 13.3. The Balaban J connectivity index is 0.00000380. The van der Waals surface area contributed by atoms with E-state index in [9.17, 15) is 26.7 Å². The van der Waals surface area contributed by atoms with Crippen molar-refractivity contribution in [3.8, 4) is 0 Å². The molecule has 1 aliphatic rings. The topological polar surface area (TPSA) is 99.4 Å². The van der Waals surface area contributed by atoms with Crippen LogP contribution in [0.3, 0.4) is 0 Å². The van der Waals surface area contributed by atoms with Crippen molar-refractivity contribution in [2.24, 2.45) is 0 Å². The fourth-order valence-corrected chi connectivity index (χ4v) is 3.77. The number of nitrogen functional groups attached to an aromatic ring is 1. The number of rotatable bonds is 5. The highest BCUT2D eigenvalue weighted by atomic mass is 35.5. The Kier molecular flexibility index (Phi) is 8.71. The summed E-state index contributed by atoms with van der Waals surface area (Å²) < 4.78 is 65.6. The van der Waals surface area contributed by atoms with Gasteiger partial charge in [-0.3, -0.25) is 4.90 Å². The summed E-state index contributed by atoms with van der Waals surface area (Å²) in [7, 11) is 0. The molecule has 0 bridgehead atoms.